The molecule has 0 radical (unpaired) electrons. The number of fused-ring (bicyclic) bond motifs is 1. The van der Waals surface area contributed by atoms with Crippen LogP contribution in [0, 0.1) is 0 Å². The Kier molecular flexibility index (Phi) is 2.88. The molecule has 0 saturated carbocycles. The zero-order chi connectivity index (χ0) is 11.6. The number of rotatable bonds is 4. The van der Waals surface area contributed by atoms with Crippen molar-refractivity contribution in [2.45, 2.75) is 13.0 Å². The molecule has 0 unspecified atom stereocenters. The lowest BCUT2D eigenvalue weighted by atomic mass is 10.3. The molecule has 0 fully saturated rings. The summed E-state index contributed by atoms with van der Waals surface area (Å²) in [6.07, 6.45) is 0.291. The minimum absolute atomic E-state index is 0.273. The van der Waals surface area contributed by atoms with Crippen molar-refractivity contribution in [1.82, 2.24) is 15.0 Å². The van der Waals surface area contributed by atoms with E-state index in [-0.39, 0.29) is 5.75 Å². The van der Waals surface area contributed by atoms with Crippen molar-refractivity contribution in [2.75, 3.05) is 5.75 Å². The Labute approximate surface area is 92.6 Å². The number of hydrogen-bond acceptors (Lipinski definition) is 4. The van der Waals surface area contributed by atoms with Gasteiger partial charge in [-0.05, 0) is 18.6 Å². The highest BCUT2D eigenvalue weighted by Gasteiger charge is 2.05. The molecule has 86 valence electrons. The van der Waals surface area contributed by atoms with E-state index in [2.05, 4.69) is 10.2 Å². The van der Waals surface area contributed by atoms with Crippen molar-refractivity contribution in [3.8, 4) is 0 Å². The highest BCUT2D eigenvalue weighted by atomic mass is 32.2. The van der Waals surface area contributed by atoms with Gasteiger partial charge in [0.15, 0.2) is 0 Å². The van der Waals surface area contributed by atoms with Crippen LogP contribution < -0.4 is 0 Å². The number of hydrogen-bond donors (Lipinski definition) is 1. The van der Waals surface area contributed by atoms with E-state index in [4.69, 9.17) is 4.55 Å². The third-order valence-corrected chi connectivity index (χ3v) is 2.89. The first-order valence-electron chi connectivity index (χ1n) is 4.80. The third-order valence-electron chi connectivity index (χ3n) is 2.09. The maximum atomic E-state index is 10.5. The molecule has 1 heterocycles. The monoisotopic (exact) mass is 241 g/mol. The summed E-state index contributed by atoms with van der Waals surface area (Å²) in [7, 11) is -3.89. The molecule has 0 atom stereocenters. The largest absolute Gasteiger partial charge is 0.286 e. The van der Waals surface area contributed by atoms with E-state index in [1.807, 2.05) is 24.3 Å². The fraction of sp³-hybridized carbons (Fsp3) is 0.333. The summed E-state index contributed by atoms with van der Waals surface area (Å²) in [4.78, 5) is 1.44. The normalized spacial score (nSPS) is 12.1. The van der Waals surface area contributed by atoms with Gasteiger partial charge in [-0.1, -0.05) is 12.1 Å². The molecule has 1 N–H and O–H groups in total. The van der Waals surface area contributed by atoms with Crippen LogP contribution in [0.3, 0.4) is 0 Å². The number of benzene rings is 1. The molecule has 0 amide bonds. The van der Waals surface area contributed by atoms with Gasteiger partial charge in [-0.15, -0.1) is 0 Å². The van der Waals surface area contributed by atoms with Crippen molar-refractivity contribution in [3.05, 3.63) is 24.3 Å². The summed E-state index contributed by atoms with van der Waals surface area (Å²) in [5, 5.41) is 8.32. The smallest absolute Gasteiger partial charge is 0.264 e. The Balaban J connectivity index is 2.05. The van der Waals surface area contributed by atoms with Gasteiger partial charge in [0.2, 0.25) is 0 Å². The Morgan fingerprint density at radius 3 is 2.25 bits per heavy atom. The van der Waals surface area contributed by atoms with Crippen molar-refractivity contribution < 1.29 is 13.0 Å². The predicted molar refractivity (Wildman–Crippen MR) is 58.6 cm³/mol. The molecule has 0 saturated heterocycles. The van der Waals surface area contributed by atoms with E-state index >= 15 is 0 Å². The summed E-state index contributed by atoms with van der Waals surface area (Å²) in [5.41, 5.74) is 1.55. The van der Waals surface area contributed by atoms with Crippen LogP contribution >= 0.6 is 0 Å². The lowest BCUT2D eigenvalue weighted by Gasteiger charge is -1.97. The Morgan fingerprint density at radius 1 is 1.19 bits per heavy atom. The Bertz CT molecular complexity index is 558. The van der Waals surface area contributed by atoms with Crippen molar-refractivity contribution in [2.24, 2.45) is 0 Å². The van der Waals surface area contributed by atoms with Gasteiger partial charge >= 0.3 is 0 Å². The molecule has 0 aliphatic carbocycles. The van der Waals surface area contributed by atoms with Crippen LogP contribution in [-0.4, -0.2) is 33.7 Å². The van der Waals surface area contributed by atoms with Gasteiger partial charge in [-0.25, -0.2) is 0 Å². The zero-order valence-electron chi connectivity index (χ0n) is 8.44. The van der Waals surface area contributed by atoms with Gasteiger partial charge in [0.25, 0.3) is 10.1 Å². The number of aryl methyl sites for hydroxylation is 1. The van der Waals surface area contributed by atoms with E-state index < -0.39 is 10.1 Å². The topological polar surface area (TPSA) is 85.1 Å². The van der Waals surface area contributed by atoms with E-state index in [9.17, 15) is 8.42 Å². The average Bonchev–Trinajstić information content (AvgIpc) is 2.57. The zero-order valence-corrected chi connectivity index (χ0v) is 9.26. The van der Waals surface area contributed by atoms with Crippen molar-refractivity contribution in [1.29, 1.82) is 0 Å². The molecule has 2 rings (SSSR count). The van der Waals surface area contributed by atoms with Gasteiger partial charge in [-0.3, -0.25) is 4.55 Å². The lowest BCUT2D eigenvalue weighted by molar-refractivity contribution is 0.471. The van der Waals surface area contributed by atoms with Crippen LogP contribution in [0.1, 0.15) is 6.42 Å². The summed E-state index contributed by atoms with van der Waals surface area (Å²) in [5.74, 6) is -0.273. The molecule has 1 aromatic carbocycles. The summed E-state index contributed by atoms with van der Waals surface area (Å²) >= 11 is 0. The van der Waals surface area contributed by atoms with E-state index in [1.54, 1.807) is 0 Å². The first kappa shape index (κ1) is 11.0. The predicted octanol–water partition coefficient (Wildman–Crippen LogP) is 0.709. The number of nitrogens with zero attached hydrogens (tertiary/aromatic N) is 3. The molecule has 0 aliphatic rings. The highest BCUT2D eigenvalue weighted by molar-refractivity contribution is 7.85. The first-order chi connectivity index (χ1) is 7.54. The molecule has 16 heavy (non-hydrogen) atoms. The van der Waals surface area contributed by atoms with E-state index in [1.165, 1.54) is 4.80 Å². The molecule has 0 bridgehead atoms. The van der Waals surface area contributed by atoms with Crippen molar-refractivity contribution >= 4 is 21.2 Å². The molecular weight excluding hydrogens is 230 g/mol. The highest BCUT2D eigenvalue weighted by Crippen LogP contribution is 2.07. The van der Waals surface area contributed by atoms with Crippen LogP contribution in [-0.2, 0) is 16.7 Å². The molecule has 1 aromatic heterocycles. The molecule has 0 aliphatic heterocycles. The SMILES string of the molecule is O=S(=O)(O)CCCn1nc2ccccc2n1. The summed E-state index contributed by atoms with van der Waals surface area (Å²) < 4.78 is 29.6. The van der Waals surface area contributed by atoms with Crippen LogP contribution in [0.25, 0.3) is 11.0 Å². The van der Waals surface area contributed by atoms with E-state index in [0.29, 0.717) is 13.0 Å². The van der Waals surface area contributed by atoms with Gasteiger partial charge in [0.05, 0.1) is 12.3 Å². The minimum atomic E-state index is -3.89. The maximum absolute atomic E-state index is 10.5. The molecule has 6 nitrogen and oxygen atoms in total. The van der Waals surface area contributed by atoms with Gasteiger partial charge < -0.3 is 0 Å². The fourth-order valence-corrected chi connectivity index (χ4v) is 1.89. The average molecular weight is 241 g/mol. The van der Waals surface area contributed by atoms with Gasteiger partial charge in [-0.2, -0.15) is 23.4 Å². The van der Waals surface area contributed by atoms with Gasteiger partial charge in [0.1, 0.15) is 11.0 Å². The minimum Gasteiger partial charge on any atom is -0.286 e. The van der Waals surface area contributed by atoms with Crippen LogP contribution in [0.4, 0.5) is 0 Å². The lowest BCUT2D eigenvalue weighted by Crippen LogP contribution is -2.09. The Hall–Kier alpha value is -1.47. The second kappa shape index (κ2) is 4.18. The van der Waals surface area contributed by atoms with Gasteiger partial charge in [0, 0.05) is 0 Å². The standard InChI is InChI=1S/C9H11N3O3S/c13-16(14,15)7-3-6-12-10-8-4-1-2-5-9(8)11-12/h1-2,4-5H,3,6-7H2,(H,13,14,15). The maximum Gasteiger partial charge on any atom is 0.264 e. The quantitative estimate of drug-likeness (QED) is 0.797. The van der Waals surface area contributed by atoms with Crippen LogP contribution in [0.15, 0.2) is 24.3 Å². The summed E-state index contributed by atoms with van der Waals surface area (Å²) in [6, 6.07) is 7.39. The van der Waals surface area contributed by atoms with Crippen LogP contribution in [0.5, 0.6) is 0 Å². The molecule has 7 heteroatoms. The number of aromatic nitrogens is 3. The molecule has 0 spiro atoms. The third kappa shape index (κ3) is 2.77. The first-order valence-corrected chi connectivity index (χ1v) is 6.40. The van der Waals surface area contributed by atoms with E-state index in [0.717, 1.165) is 11.0 Å². The second-order valence-corrected chi connectivity index (χ2v) is 5.00. The Morgan fingerprint density at radius 2 is 1.75 bits per heavy atom. The van der Waals surface area contributed by atoms with Crippen molar-refractivity contribution in [3.63, 3.8) is 0 Å². The van der Waals surface area contributed by atoms with Crippen LogP contribution in [0.2, 0.25) is 0 Å². The molecular formula is C9H11N3O3S. The fourth-order valence-electron chi connectivity index (χ4n) is 1.39. The summed E-state index contributed by atoms with van der Waals surface area (Å²) in [6.45, 7) is 0.370. The second-order valence-electron chi connectivity index (χ2n) is 3.42. The molecule has 2 aromatic rings.